The van der Waals surface area contributed by atoms with Gasteiger partial charge in [-0.3, -0.25) is 14.9 Å². The lowest BCUT2D eigenvalue weighted by molar-refractivity contribution is -0.384. The SMILES string of the molecule is O=C1c2cc(Cl)c([N+](=O)[O-])cc2CN1CC(F)(F)F. The van der Waals surface area contributed by atoms with Gasteiger partial charge in [-0.15, -0.1) is 0 Å². The van der Waals surface area contributed by atoms with Crippen LogP contribution in [0.3, 0.4) is 0 Å². The Balaban J connectivity index is 2.36. The van der Waals surface area contributed by atoms with Gasteiger partial charge in [0.2, 0.25) is 0 Å². The van der Waals surface area contributed by atoms with Crippen LogP contribution in [0.25, 0.3) is 0 Å². The Labute approximate surface area is 109 Å². The summed E-state index contributed by atoms with van der Waals surface area (Å²) in [6.07, 6.45) is -4.52. The van der Waals surface area contributed by atoms with E-state index in [1.54, 1.807) is 0 Å². The van der Waals surface area contributed by atoms with Crippen molar-refractivity contribution in [2.24, 2.45) is 0 Å². The van der Waals surface area contributed by atoms with Gasteiger partial charge in [0.1, 0.15) is 11.6 Å². The molecule has 0 aliphatic carbocycles. The van der Waals surface area contributed by atoms with Crippen molar-refractivity contribution in [2.45, 2.75) is 12.7 Å². The molecular formula is C10H6ClF3N2O3. The minimum absolute atomic E-state index is 0.0279. The Morgan fingerprint density at radius 2 is 2.05 bits per heavy atom. The molecule has 1 heterocycles. The predicted molar refractivity (Wildman–Crippen MR) is 58.9 cm³/mol. The second-order valence-corrected chi connectivity index (χ2v) is 4.40. The fourth-order valence-corrected chi connectivity index (χ4v) is 2.10. The van der Waals surface area contributed by atoms with Crippen LogP contribution in [0.1, 0.15) is 15.9 Å². The van der Waals surface area contributed by atoms with Crippen LogP contribution in [-0.2, 0) is 6.54 Å². The quantitative estimate of drug-likeness (QED) is 0.622. The van der Waals surface area contributed by atoms with Crippen LogP contribution in [0, 0.1) is 10.1 Å². The Bertz CT molecular complexity index is 574. The highest BCUT2D eigenvalue weighted by atomic mass is 35.5. The maximum Gasteiger partial charge on any atom is 0.406 e. The minimum Gasteiger partial charge on any atom is -0.325 e. The van der Waals surface area contributed by atoms with Gasteiger partial charge >= 0.3 is 6.18 Å². The highest BCUT2D eigenvalue weighted by Crippen LogP contribution is 2.34. The number of alkyl halides is 3. The molecule has 0 saturated carbocycles. The molecule has 9 heteroatoms. The van der Waals surface area contributed by atoms with E-state index in [9.17, 15) is 28.1 Å². The number of benzene rings is 1. The number of nitrogens with zero attached hydrogens (tertiary/aromatic N) is 2. The zero-order valence-electron chi connectivity index (χ0n) is 9.20. The summed E-state index contributed by atoms with van der Waals surface area (Å²) >= 11 is 5.61. The molecule has 0 aromatic heterocycles. The molecule has 0 spiro atoms. The largest absolute Gasteiger partial charge is 0.406 e. The summed E-state index contributed by atoms with van der Waals surface area (Å²) in [5, 5.41) is 10.4. The molecule has 1 aliphatic heterocycles. The molecule has 0 unspecified atom stereocenters. The lowest BCUT2D eigenvalue weighted by Crippen LogP contribution is -2.34. The Hall–Kier alpha value is -1.83. The van der Waals surface area contributed by atoms with Crippen molar-refractivity contribution < 1.29 is 22.9 Å². The fraction of sp³-hybridized carbons (Fsp3) is 0.300. The van der Waals surface area contributed by atoms with Gasteiger partial charge in [0.05, 0.1) is 4.92 Å². The maximum absolute atomic E-state index is 12.3. The zero-order chi connectivity index (χ0) is 14.4. The number of hydrogen-bond acceptors (Lipinski definition) is 3. The third kappa shape index (κ3) is 2.62. The van der Waals surface area contributed by atoms with E-state index in [0.29, 0.717) is 4.90 Å². The standard InChI is InChI=1S/C10H6ClF3N2O3/c11-7-2-6-5(1-8(7)16(18)19)3-15(9(6)17)4-10(12,13)14/h1-2H,3-4H2. The summed E-state index contributed by atoms with van der Waals surface area (Å²) in [6, 6.07) is 2.07. The van der Waals surface area contributed by atoms with Crippen molar-refractivity contribution in [3.63, 3.8) is 0 Å². The van der Waals surface area contributed by atoms with Crippen molar-refractivity contribution in [1.29, 1.82) is 0 Å². The second-order valence-electron chi connectivity index (χ2n) is 3.99. The molecule has 0 atom stereocenters. The van der Waals surface area contributed by atoms with Crippen LogP contribution < -0.4 is 0 Å². The lowest BCUT2D eigenvalue weighted by atomic mass is 10.1. The molecule has 1 aromatic rings. The molecule has 5 nitrogen and oxygen atoms in total. The number of carbonyl (C=O) groups is 1. The van der Waals surface area contributed by atoms with Crippen LogP contribution in [-0.4, -0.2) is 28.5 Å². The van der Waals surface area contributed by atoms with Gasteiger partial charge in [0.25, 0.3) is 11.6 Å². The number of rotatable bonds is 2. The van der Waals surface area contributed by atoms with E-state index in [0.717, 1.165) is 12.1 Å². The van der Waals surface area contributed by atoms with E-state index < -0.39 is 29.2 Å². The summed E-state index contributed by atoms with van der Waals surface area (Å²) in [7, 11) is 0. The third-order valence-corrected chi connectivity index (χ3v) is 2.92. The summed E-state index contributed by atoms with van der Waals surface area (Å²) in [6.45, 7) is -1.71. The predicted octanol–water partition coefficient (Wildman–Crippen LogP) is 2.77. The first kappa shape index (κ1) is 13.6. The van der Waals surface area contributed by atoms with Crippen molar-refractivity contribution in [1.82, 2.24) is 4.90 Å². The average molecular weight is 295 g/mol. The van der Waals surface area contributed by atoms with Crippen LogP contribution >= 0.6 is 11.6 Å². The molecular weight excluding hydrogens is 289 g/mol. The van der Waals surface area contributed by atoms with E-state index in [-0.39, 0.29) is 22.7 Å². The Morgan fingerprint density at radius 3 is 2.58 bits per heavy atom. The molecule has 1 aromatic carbocycles. The molecule has 0 radical (unpaired) electrons. The topological polar surface area (TPSA) is 63.4 Å². The lowest BCUT2D eigenvalue weighted by Gasteiger charge is -2.17. The number of carbonyl (C=O) groups excluding carboxylic acids is 1. The summed E-state index contributed by atoms with van der Waals surface area (Å²) in [5.41, 5.74) is -0.285. The third-order valence-electron chi connectivity index (χ3n) is 2.62. The molecule has 1 amide bonds. The summed E-state index contributed by atoms with van der Waals surface area (Å²) in [5.74, 6) is -0.830. The second kappa shape index (κ2) is 4.37. The van der Waals surface area contributed by atoms with E-state index in [4.69, 9.17) is 11.6 Å². The number of amides is 1. The Kier molecular flexibility index (Phi) is 3.13. The van der Waals surface area contributed by atoms with Crippen molar-refractivity contribution in [3.8, 4) is 0 Å². The van der Waals surface area contributed by atoms with Crippen molar-refractivity contribution >= 4 is 23.2 Å². The zero-order valence-corrected chi connectivity index (χ0v) is 9.96. The smallest absolute Gasteiger partial charge is 0.325 e. The number of halogens is 4. The first-order valence-electron chi connectivity index (χ1n) is 5.02. The molecule has 0 saturated heterocycles. The van der Waals surface area contributed by atoms with E-state index in [1.165, 1.54) is 0 Å². The number of fused-ring (bicyclic) bond motifs is 1. The van der Waals surface area contributed by atoms with Gasteiger partial charge < -0.3 is 4.90 Å². The van der Waals surface area contributed by atoms with Gasteiger partial charge in [-0.25, -0.2) is 0 Å². The van der Waals surface area contributed by atoms with Gasteiger partial charge in [-0.1, -0.05) is 11.6 Å². The molecule has 102 valence electrons. The highest BCUT2D eigenvalue weighted by Gasteiger charge is 2.38. The van der Waals surface area contributed by atoms with Gasteiger partial charge in [0.15, 0.2) is 0 Å². The average Bonchev–Trinajstić information content (AvgIpc) is 2.53. The van der Waals surface area contributed by atoms with E-state index in [1.807, 2.05) is 0 Å². The summed E-state index contributed by atoms with van der Waals surface area (Å²) in [4.78, 5) is 22.2. The minimum atomic E-state index is -4.52. The highest BCUT2D eigenvalue weighted by molar-refractivity contribution is 6.33. The Morgan fingerprint density at radius 1 is 1.42 bits per heavy atom. The van der Waals surface area contributed by atoms with Crippen molar-refractivity contribution in [3.05, 3.63) is 38.4 Å². The molecule has 2 rings (SSSR count). The molecule has 19 heavy (non-hydrogen) atoms. The maximum atomic E-state index is 12.3. The molecule has 0 N–H and O–H groups in total. The van der Waals surface area contributed by atoms with Gasteiger partial charge in [-0.05, 0) is 11.6 Å². The fourth-order valence-electron chi connectivity index (χ4n) is 1.87. The number of nitro groups is 1. The van der Waals surface area contributed by atoms with Gasteiger partial charge in [-0.2, -0.15) is 13.2 Å². The number of nitro benzene ring substituents is 1. The van der Waals surface area contributed by atoms with Crippen LogP contribution in [0.5, 0.6) is 0 Å². The van der Waals surface area contributed by atoms with Crippen LogP contribution in [0.2, 0.25) is 5.02 Å². The van der Waals surface area contributed by atoms with E-state index >= 15 is 0 Å². The first-order valence-corrected chi connectivity index (χ1v) is 5.39. The van der Waals surface area contributed by atoms with Crippen LogP contribution in [0.15, 0.2) is 12.1 Å². The molecule has 0 fully saturated rings. The summed E-state index contributed by atoms with van der Waals surface area (Å²) < 4.78 is 36.8. The molecule has 0 bridgehead atoms. The molecule has 1 aliphatic rings. The van der Waals surface area contributed by atoms with Crippen molar-refractivity contribution in [2.75, 3.05) is 6.54 Å². The normalized spacial score (nSPS) is 14.7. The number of hydrogen-bond donors (Lipinski definition) is 0. The first-order chi connectivity index (χ1) is 8.69. The van der Waals surface area contributed by atoms with Crippen LogP contribution in [0.4, 0.5) is 18.9 Å². The van der Waals surface area contributed by atoms with E-state index in [2.05, 4.69) is 0 Å². The monoisotopic (exact) mass is 294 g/mol. The van der Waals surface area contributed by atoms with Gasteiger partial charge in [0, 0.05) is 18.2 Å².